The number of benzene rings is 2. The van der Waals surface area contributed by atoms with Crippen LogP contribution >= 0.6 is 23.2 Å². The number of carbonyl (C=O) groups excluding carboxylic acids is 2. The molecule has 2 aromatic rings. The largest absolute Gasteiger partial charge is 0.494 e. The molecule has 0 aromatic heterocycles. The van der Waals surface area contributed by atoms with E-state index in [0.717, 1.165) is 62.5 Å². The molecule has 1 fully saturated rings. The molecule has 0 aliphatic carbocycles. The van der Waals surface area contributed by atoms with Crippen molar-refractivity contribution in [1.29, 1.82) is 0 Å². The Kier molecular flexibility index (Phi) is 10.2. The third-order valence-corrected chi connectivity index (χ3v) is 8.23. The summed E-state index contributed by atoms with van der Waals surface area (Å²) in [6.45, 7) is 9.13. The molecule has 2 amide bonds. The highest BCUT2D eigenvalue weighted by Gasteiger charge is 2.26. The number of anilines is 2. The number of ether oxygens (including phenoxy) is 2. The molecule has 0 unspecified atom stereocenters. The van der Waals surface area contributed by atoms with Crippen molar-refractivity contribution >= 4 is 46.6 Å². The quantitative estimate of drug-likeness (QED) is 0.338. The van der Waals surface area contributed by atoms with Crippen molar-refractivity contribution in [2.24, 2.45) is 0 Å². The van der Waals surface area contributed by atoms with Crippen molar-refractivity contribution in [2.45, 2.75) is 45.6 Å². The summed E-state index contributed by atoms with van der Waals surface area (Å²) < 4.78 is 11.4. The lowest BCUT2D eigenvalue weighted by Gasteiger charge is -2.36. The van der Waals surface area contributed by atoms with E-state index in [9.17, 15) is 9.59 Å². The Morgan fingerprint density at radius 1 is 1.03 bits per heavy atom. The van der Waals surface area contributed by atoms with E-state index in [1.807, 2.05) is 50.2 Å². The van der Waals surface area contributed by atoms with Gasteiger partial charge in [-0.25, -0.2) is 4.79 Å². The second-order valence-corrected chi connectivity index (χ2v) is 11.1. The average molecular weight is 578 g/mol. The number of carbonyl (C=O) groups is 2. The van der Waals surface area contributed by atoms with E-state index in [1.165, 1.54) is 9.80 Å². The number of amides is 2. The van der Waals surface area contributed by atoms with Crippen LogP contribution in [0.25, 0.3) is 0 Å². The first-order valence-electron chi connectivity index (χ1n) is 13.6. The summed E-state index contributed by atoms with van der Waals surface area (Å²) >= 11 is 12.6. The van der Waals surface area contributed by atoms with Crippen LogP contribution < -0.4 is 14.5 Å². The summed E-state index contributed by atoms with van der Waals surface area (Å²) in [7, 11) is 1.68. The van der Waals surface area contributed by atoms with Crippen LogP contribution in [-0.2, 0) is 16.0 Å². The minimum Gasteiger partial charge on any atom is -0.494 e. The van der Waals surface area contributed by atoms with Gasteiger partial charge >= 0.3 is 6.09 Å². The lowest BCUT2D eigenvalue weighted by atomic mass is 10.0. The molecule has 0 saturated carbocycles. The Hall–Kier alpha value is -2.68. The van der Waals surface area contributed by atoms with Gasteiger partial charge in [-0.15, -0.1) is 0 Å². The number of unbranched alkanes of at least 4 members (excludes halogenated alkanes) is 1. The zero-order chi connectivity index (χ0) is 27.9. The standard InChI is InChI=1S/C29H38Cl2N4O4/c1-21(2)32(3)29(37)39-20-35-26-19-23(11-9-22(26)10-12-27(35)36)38-18-5-4-13-33-14-16-34(17-15-33)25-8-6-7-24(30)28(25)31/h6-9,11,19,21H,4-5,10,12-18,20H2,1-3H3. The highest BCUT2D eigenvalue weighted by Crippen LogP contribution is 2.33. The summed E-state index contributed by atoms with van der Waals surface area (Å²) in [5.41, 5.74) is 2.80. The molecule has 0 bridgehead atoms. The van der Waals surface area contributed by atoms with Gasteiger partial charge in [-0.3, -0.25) is 14.6 Å². The fourth-order valence-electron chi connectivity index (χ4n) is 4.76. The van der Waals surface area contributed by atoms with E-state index < -0.39 is 6.09 Å². The van der Waals surface area contributed by atoms with Crippen molar-refractivity contribution in [3.63, 3.8) is 0 Å². The van der Waals surface area contributed by atoms with E-state index in [-0.39, 0.29) is 18.7 Å². The summed E-state index contributed by atoms with van der Waals surface area (Å²) in [6, 6.07) is 11.6. The topological polar surface area (TPSA) is 65.6 Å². The molecule has 8 nitrogen and oxygen atoms in total. The molecule has 0 atom stereocenters. The first kappa shape index (κ1) is 29.3. The average Bonchev–Trinajstić information content (AvgIpc) is 2.93. The molecule has 0 N–H and O–H groups in total. The van der Waals surface area contributed by atoms with E-state index >= 15 is 0 Å². The molecule has 212 valence electrons. The maximum atomic E-state index is 12.6. The predicted molar refractivity (Wildman–Crippen MR) is 156 cm³/mol. The minimum atomic E-state index is -0.452. The lowest BCUT2D eigenvalue weighted by Crippen LogP contribution is -2.46. The van der Waals surface area contributed by atoms with Gasteiger partial charge in [0.05, 0.1) is 28.0 Å². The van der Waals surface area contributed by atoms with Gasteiger partial charge in [0.15, 0.2) is 6.73 Å². The molecule has 1 saturated heterocycles. The number of rotatable bonds is 10. The Morgan fingerprint density at radius 3 is 2.54 bits per heavy atom. The molecule has 10 heteroatoms. The van der Waals surface area contributed by atoms with Gasteiger partial charge in [-0.1, -0.05) is 35.3 Å². The highest BCUT2D eigenvalue weighted by molar-refractivity contribution is 6.43. The van der Waals surface area contributed by atoms with E-state index in [4.69, 9.17) is 32.7 Å². The number of piperazine rings is 1. The molecule has 2 aromatic carbocycles. The Balaban J connectivity index is 1.21. The fourth-order valence-corrected chi connectivity index (χ4v) is 5.17. The minimum absolute atomic E-state index is 0.0134. The maximum absolute atomic E-state index is 12.6. The van der Waals surface area contributed by atoms with Crippen molar-refractivity contribution in [1.82, 2.24) is 9.80 Å². The number of nitrogens with zero attached hydrogens (tertiary/aromatic N) is 4. The van der Waals surface area contributed by atoms with Crippen LogP contribution in [-0.4, -0.2) is 81.0 Å². The molecule has 0 radical (unpaired) electrons. The Labute approximate surface area is 241 Å². The Morgan fingerprint density at radius 2 is 1.79 bits per heavy atom. The summed E-state index contributed by atoms with van der Waals surface area (Å²) in [5, 5.41) is 1.21. The van der Waals surface area contributed by atoms with Gasteiger partial charge in [0, 0.05) is 51.8 Å². The third-order valence-electron chi connectivity index (χ3n) is 7.42. The van der Waals surface area contributed by atoms with Crippen LogP contribution in [0.1, 0.15) is 38.7 Å². The molecule has 4 rings (SSSR count). The zero-order valence-electron chi connectivity index (χ0n) is 23.0. The van der Waals surface area contributed by atoms with Crippen molar-refractivity contribution < 1.29 is 19.1 Å². The highest BCUT2D eigenvalue weighted by atomic mass is 35.5. The van der Waals surface area contributed by atoms with E-state index in [0.29, 0.717) is 35.2 Å². The molecular weight excluding hydrogens is 539 g/mol. The zero-order valence-corrected chi connectivity index (χ0v) is 24.5. The van der Waals surface area contributed by atoms with Crippen LogP contribution in [0.15, 0.2) is 36.4 Å². The normalized spacial score (nSPS) is 15.9. The monoisotopic (exact) mass is 576 g/mol. The van der Waals surface area contributed by atoms with E-state index in [1.54, 1.807) is 7.05 Å². The van der Waals surface area contributed by atoms with Gasteiger partial charge in [0.2, 0.25) is 5.91 Å². The lowest BCUT2D eigenvalue weighted by molar-refractivity contribution is -0.119. The first-order valence-corrected chi connectivity index (χ1v) is 14.4. The molecule has 39 heavy (non-hydrogen) atoms. The molecule has 2 aliphatic rings. The number of hydrogen-bond acceptors (Lipinski definition) is 6. The Bertz CT molecular complexity index is 1150. The third kappa shape index (κ3) is 7.50. The number of aryl methyl sites for hydroxylation is 1. The van der Waals surface area contributed by atoms with Crippen LogP contribution in [0.3, 0.4) is 0 Å². The van der Waals surface area contributed by atoms with Gasteiger partial charge in [0.1, 0.15) is 5.75 Å². The number of fused-ring (bicyclic) bond motifs is 1. The van der Waals surface area contributed by atoms with Gasteiger partial charge in [0.25, 0.3) is 0 Å². The molecule has 2 aliphatic heterocycles. The van der Waals surface area contributed by atoms with Crippen LogP contribution in [0, 0.1) is 0 Å². The predicted octanol–water partition coefficient (Wildman–Crippen LogP) is 5.69. The smallest absolute Gasteiger partial charge is 0.411 e. The maximum Gasteiger partial charge on any atom is 0.411 e. The van der Waals surface area contributed by atoms with Gasteiger partial charge < -0.3 is 19.3 Å². The SMILES string of the molecule is CC(C)N(C)C(=O)OCN1C(=O)CCc2ccc(OCCCCN3CCN(c4cccc(Cl)c4Cl)CC3)cc21. The van der Waals surface area contributed by atoms with Gasteiger partial charge in [-0.05, 0) is 63.4 Å². The number of hydrogen-bond donors (Lipinski definition) is 0. The van der Waals surface area contributed by atoms with Crippen LogP contribution in [0.5, 0.6) is 5.75 Å². The van der Waals surface area contributed by atoms with Gasteiger partial charge in [-0.2, -0.15) is 0 Å². The molecular formula is C29H38Cl2N4O4. The number of halogens is 2. The molecule has 2 heterocycles. The van der Waals surface area contributed by atoms with Crippen LogP contribution in [0.4, 0.5) is 16.2 Å². The first-order chi connectivity index (χ1) is 18.7. The van der Waals surface area contributed by atoms with Crippen molar-refractivity contribution in [2.75, 3.05) is 62.9 Å². The summed E-state index contributed by atoms with van der Waals surface area (Å²) in [5.74, 6) is 0.656. The summed E-state index contributed by atoms with van der Waals surface area (Å²) in [6.07, 6.45) is 2.57. The fraction of sp³-hybridized carbons (Fsp3) is 0.517. The van der Waals surface area contributed by atoms with Crippen LogP contribution in [0.2, 0.25) is 10.0 Å². The second kappa shape index (κ2) is 13.6. The van der Waals surface area contributed by atoms with Crippen molar-refractivity contribution in [3.05, 3.63) is 52.0 Å². The van der Waals surface area contributed by atoms with Crippen molar-refractivity contribution in [3.8, 4) is 5.75 Å². The second-order valence-electron chi connectivity index (χ2n) is 10.3. The van der Waals surface area contributed by atoms with E-state index in [2.05, 4.69) is 9.80 Å². The molecule has 0 spiro atoms. The summed E-state index contributed by atoms with van der Waals surface area (Å²) in [4.78, 5) is 32.7.